The Labute approximate surface area is 93.4 Å². The van der Waals surface area contributed by atoms with Crippen molar-refractivity contribution in [1.82, 2.24) is 0 Å². The minimum atomic E-state index is -0.340. The lowest BCUT2D eigenvalue weighted by molar-refractivity contribution is 0.296. The van der Waals surface area contributed by atoms with Gasteiger partial charge < -0.3 is 20.3 Å². The molecule has 1 unspecified atom stereocenters. The predicted molar refractivity (Wildman–Crippen MR) is 60.5 cm³/mol. The summed E-state index contributed by atoms with van der Waals surface area (Å²) in [6, 6.07) is 5.47. The van der Waals surface area contributed by atoms with Crippen LogP contribution in [-0.2, 0) is 0 Å². The van der Waals surface area contributed by atoms with Gasteiger partial charge >= 0.3 is 0 Å². The van der Waals surface area contributed by atoms with Crippen molar-refractivity contribution in [3.05, 3.63) is 18.2 Å². The number of rotatable bonds is 5. The van der Waals surface area contributed by atoms with Gasteiger partial charge in [-0.3, -0.25) is 0 Å². The summed E-state index contributed by atoms with van der Waals surface area (Å²) in [4.78, 5) is 0.889. The average molecular weight is 229 g/mol. The second-order valence-electron chi connectivity index (χ2n) is 2.86. The first-order valence-corrected chi connectivity index (χ1v) is 5.34. The summed E-state index contributed by atoms with van der Waals surface area (Å²) in [5.74, 6) is 1.43. The zero-order valence-electron chi connectivity index (χ0n) is 8.77. The Kier molecular flexibility index (Phi) is 4.74. The number of hydrogen-bond acceptors (Lipinski definition) is 5. The zero-order valence-corrected chi connectivity index (χ0v) is 9.58. The van der Waals surface area contributed by atoms with Gasteiger partial charge in [0.25, 0.3) is 0 Å². The Hall–Kier alpha value is -0.910. The lowest BCUT2D eigenvalue weighted by atomic mass is 10.3. The summed E-state index contributed by atoms with van der Waals surface area (Å²) in [5, 5.41) is 8.51. The van der Waals surface area contributed by atoms with Crippen molar-refractivity contribution in [2.24, 2.45) is 5.73 Å². The van der Waals surface area contributed by atoms with Crippen LogP contribution in [0.15, 0.2) is 23.1 Å². The van der Waals surface area contributed by atoms with Gasteiger partial charge in [-0.2, -0.15) is 0 Å². The Morgan fingerprint density at radius 2 is 2.13 bits per heavy atom. The molecule has 1 atom stereocenters. The molecule has 0 saturated heterocycles. The molecule has 1 aromatic rings. The number of nitrogens with two attached hydrogens (primary N) is 1. The van der Waals surface area contributed by atoms with E-state index in [1.807, 2.05) is 12.1 Å². The molecule has 15 heavy (non-hydrogen) atoms. The summed E-state index contributed by atoms with van der Waals surface area (Å²) in [6.45, 7) is -0.0696. The molecule has 0 heterocycles. The number of aliphatic hydroxyl groups excluding tert-OH is 1. The van der Waals surface area contributed by atoms with Crippen LogP contribution < -0.4 is 15.2 Å². The van der Waals surface area contributed by atoms with Gasteiger partial charge in [0.2, 0.25) is 0 Å². The van der Waals surface area contributed by atoms with Crippen LogP contribution in [0.2, 0.25) is 0 Å². The molecule has 0 spiro atoms. The Morgan fingerprint density at radius 3 is 2.67 bits per heavy atom. The fraction of sp³-hybridized carbons (Fsp3) is 0.400. The van der Waals surface area contributed by atoms with E-state index >= 15 is 0 Å². The van der Waals surface area contributed by atoms with Gasteiger partial charge in [0.05, 0.1) is 31.1 Å². The lowest BCUT2D eigenvalue weighted by Gasteiger charge is -2.12. The normalized spacial score (nSPS) is 12.3. The molecule has 0 aliphatic carbocycles. The molecular weight excluding hydrogens is 214 g/mol. The first kappa shape index (κ1) is 12.2. The van der Waals surface area contributed by atoms with Crippen LogP contribution >= 0.6 is 11.8 Å². The van der Waals surface area contributed by atoms with Gasteiger partial charge in [-0.1, -0.05) is 0 Å². The van der Waals surface area contributed by atoms with E-state index in [1.54, 1.807) is 20.3 Å². The van der Waals surface area contributed by atoms with Crippen LogP contribution in [0, 0.1) is 0 Å². The highest BCUT2D eigenvalue weighted by Crippen LogP contribution is 2.33. The van der Waals surface area contributed by atoms with Crippen molar-refractivity contribution in [3.63, 3.8) is 0 Å². The van der Waals surface area contributed by atoms with E-state index in [0.717, 1.165) is 10.6 Å². The second-order valence-corrected chi connectivity index (χ2v) is 4.14. The minimum Gasteiger partial charge on any atom is -0.497 e. The van der Waals surface area contributed by atoms with Gasteiger partial charge in [0.1, 0.15) is 11.5 Å². The van der Waals surface area contributed by atoms with Gasteiger partial charge in [0, 0.05) is 6.07 Å². The minimum absolute atomic E-state index is 0.0696. The van der Waals surface area contributed by atoms with E-state index in [0.29, 0.717) is 5.75 Å². The zero-order chi connectivity index (χ0) is 11.3. The van der Waals surface area contributed by atoms with E-state index in [9.17, 15) is 0 Å². The van der Waals surface area contributed by atoms with Crippen molar-refractivity contribution in [3.8, 4) is 11.5 Å². The van der Waals surface area contributed by atoms with Crippen molar-refractivity contribution < 1.29 is 14.6 Å². The molecule has 1 rings (SSSR count). The third-order valence-electron chi connectivity index (χ3n) is 1.83. The first-order chi connectivity index (χ1) is 7.21. The van der Waals surface area contributed by atoms with Crippen LogP contribution in [0.3, 0.4) is 0 Å². The fourth-order valence-corrected chi connectivity index (χ4v) is 1.88. The quantitative estimate of drug-likeness (QED) is 0.584. The van der Waals surface area contributed by atoms with Gasteiger partial charge in [0.15, 0.2) is 0 Å². The number of hydrogen-bond donors (Lipinski definition) is 2. The first-order valence-electron chi connectivity index (χ1n) is 4.46. The third-order valence-corrected chi connectivity index (χ3v) is 2.87. The molecule has 1 aromatic carbocycles. The van der Waals surface area contributed by atoms with Crippen LogP contribution in [0.1, 0.15) is 0 Å². The largest absolute Gasteiger partial charge is 0.497 e. The molecule has 4 nitrogen and oxygen atoms in total. The van der Waals surface area contributed by atoms with Gasteiger partial charge in [-0.25, -0.2) is 0 Å². The average Bonchev–Trinajstić information content (AvgIpc) is 2.29. The molecule has 0 aromatic heterocycles. The van der Waals surface area contributed by atoms with Crippen LogP contribution in [-0.4, -0.2) is 31.3 Å². The standard InChI is InChI=1S/C10H15NO3S/c1-13-7-3-4-9(8(5-7)14-2)15-10(11)6-12/h3-5,10,12H,6,11H2,1-2H3. The van der Waals surface area contributed by atoms with Gasteiger partial charge in [-0.05, 0) is 12.1 Å². The fourth-order valence-electron chi connectivity index (χ4n) is 1.07. The van der Waals surface area contributed by atoms with Crippen molar-refractivity contribution >= 4 is 11.8 Å². The maximum Gasteiger partial charge on any atom is 0.136 e. The molecule has 3 N–H and O–H groups in total. The third kappa shape index (κ3) is 3.30. The highest BCUT2D eigenvalue weighted by molar-refractivity contribution is 8.00. The molecule has 0 aliphatic heterocycles. The van der Waals surface area contributed by atoms with Crippen molar-refractivity contribution in [1.29, 1.82) is 0 Å². The summed E-state index contributed by atoms with van der Waals surface area (Å²) in [7, 11) is 3.18. The van der Waals surface area contributed by atoms with Crippen LogP contribution in [0.5, 0.6) is 11.5 Å². The van der Waals surface area contributed by atoms with E-state index in [2.05, 4.69) is 0 Å². The van der Waals surface area contributed by atoms with Crippen molar-refractivity contribution in [2.45, 2.75) is 10.3 Å². The predicted octanol–water partition coefficient (Wildman–Crippen LogP) is 1.07. The molecule has 0 saturated carbocycles. The topological polar surface area (TPSA) is 64.7 Å². The Bertz CT molecular complexity index is 320. The van der Waals surface area contributed by atoms with E-state index in [-0.39, 0.29) is 12.0 Å². The van der Waals surface area contributed by atoms with E-state index < -0.39 is 0 Å². The molecular formula is C10H15NO3S. The monoisotopic (exact) mass is 229 g/mol. The van der Waals surface area contributed by atoms with Crippen LogP contribution in [0.4, 0.5) is 0 Å². The second kappa shape index (κ2) is 5.85. The molecule has 0 amide bonds. The Morgan fingerprint density at radius 1 is 1.40 bits per heavy atom. The summed E-state index contributed by atoms with van der Waals surface area (Å²) in [6.07, 6.45) is 0. The molecule has 0 aliphatic rings. The SMILES string of the molecule is COc1ccc(SC(N)CO)c(OC)c1. The smallest absolute Gasteiger partial charge is 0.136 e. The summed E-state index contributed by atoms with van der Waals surface area (Å²) in [5.41, 5.74) is 5.63. The van der Waals surface area contributed by atoms with Gasteiger partial charge in [-0.15, -0.1) is 11.8 Å². The lowest BCUT2D eigenvalue weighted by Crippen LogP contribution is -2.19. The highest BCUT2D eigenvalue weighted by atomic mass is 32.2. The number of thioether (sulfide) groups is 1. The maximum absolute atomic E-state index is 8.85. The van der Waals surface area contributed by atoms with Crippen molar-refractivity contribution in [2.75, 3.05) is 20.8 Å². The number of methoxy groups -OCH3 is 2. The molecule has 84 valence electrons. The van der Waals surface area contributed by atoms with E-state index in [4.69, 9.17) is 20.3 Å². The molecule has 0 fully saturated rings. The number of benzene rings is 1. The maximum atomic E-state index is 8.85. The summed E-state index contributed by atoms with van der Waals surface area (Å²) < 4.78 is 10.3. The molecule has 0 bridgehead atoms. The number of aliphatic hydroxyl groups is 1. The molecule has 0 radical (unpaired) electrons. The number of ether oxygens (including phenoxy) is 2. The molecule has 5 heteroatoms. The van der Waals surface area contributed by atoms with E-state index in [1.165, 1.54) is 11.8 Å². The highest BCUT2D eigenvalue weighted by Gasteiger charge is 2.09. The van der Waals surface area contributed by atoms with Crippen LogP contribution in [0.25, 0.3) is 0 Å². The Balaban J connectivity index is 2.87. The summed E-state index contributed by atoms with van der Waals surface area (Å²) >= 11 is 1.36.